The number of rotatable bonds is 3. The predicted octanol–water partition coefficient (Wildman–Crippen LogP) is 4.32. The molecule has 140 valence electrons. The second-order valence-corrected chi connectivity index (χ2v) is 8.74. The number of likely N-dealkylation sites (tertiary alicyclic amines) is 1. The highest BCUT2D eigenvalue weighted by Crippen LogP contribution is 2.38. The molecule has 1 amide bonds. The highest BCUT2D eigenvalue weighted by atomic mass is 35.5. The van der Waals surface area contributed by atoms with Crippen LogP contribution < -0.4 is 11.1 Å². The van der Waals surface area contributed by atoms with Crippen LogP contribution in [0.25, 0.3) is 0 Å². The van der Waals surface area contributed by atoms with Crippen LogP contribution in [0.5, 0.6) is 0 Å². The number of anilines is 1. The average molecular weight is 395 g/mol. The van der Waals surface area contributed by atoms with Crippen LogP contribution in [0.15, 0.2) is 30.0 Å². The molecule has 1 aromatic carbocycles. The summed E-state index contributed by atoms with van der Waals surface area (Å²) in [6, 6.07) is 6.83. The molecule has 5 nitrogen and oxygen atoms in total. The van der Waals surface area contributed by atoms with Gasteiger partial charge in [0.15, 0.2) is 0 Å². The van der Waals surface area contributed by atoms with E-state index >= 15 is 0 Å². The molecule has 0 bridgehead atoms. The van der Waals surface area contributed by atoms with Crippen molar-refractivity contribution in [1.82, 2.24) is 4.90 Å². The monoisotopic (exact) mass is 394 g/mol. The summed E-state index contributed by atoms with van der Waals surface area (Å²) in [4.78, 5) is 14.7. The maximum absolute atomic E-state index is 12.6. The van der Waals surface area contributed by atoms with E-state index in [4.69, 9.17) is 28.9 Å². The lowest BCUT2D eigenvalue weighted by Gasteiger charge is -2.54. The summed E-state index contributed by atoms with van der Waals surface area (Å²) >= 11 is 12.0. The normalized spacial score (nSPS) is 19.8. The van der Waals surface area contributed by atoms with E-state index in [0.29, 0.717) is 15.7 Å². The summed E-state index contributed by atoms with van der Waals surface area (Å²) in [6.07, 6.45) is 3.17. The van der Waals surface area contributed by atoms with Crippen LogP contribution in [0.4, 0.5) is 5.69 Å². The number of carbonyl (C=O) groups excluding carboxylic acids is 1. The van der Waals surface area contributed by atoms with Crippen molar-refractivity contribution in [1.29, 1.82) is 5.26 Å². The Morgan fingerprint density at radius 1 is 1.31 bits per heavy atom. The highest BCUT2D eigenvalue weighted by molar-refractivity contribution is 6.35. The van der Waals surface area contributed by atoms with Crippen LogP contribution in [-0.2, 0) is 4.79 Å². The molecule has 0 unspecified atom stereocenters. The number of benzene rings is 1. The Hall–Kier alpha value is -1.74. The molecule has 1 fully saturated rings. The number of nitriles is 1. The third-order valence-electron chi connectivity index (χ3n) is 4.63. The number of nitrogens with zero attached hydrogens (tertiary/aromatic N) is 2. The van der Waals surface area contributed by atoms with Gasteiger partial charge in [-0.05, 0) is 58.7 Å². The van der Waals surface area contributed by atoms with Crippen molar-refractivity contribution in [2.24, 2.45) is 5.73 Å². The third-order valence-corrected chi connectivity index (χ3v) is 5.19. The van der Waals surface area contributed by atoms with Crippen molar-refractivity contribution in [2.75, 3.05) is 5.32 Å². The van der Waals surface area contributed by atoms with Gasteiger partial charge in [0.1, 0.15) is 11.6 Å². The van der Waals surface area contributed by atoms with Crippen LogP contribution in [0.2, 0.25) is 10.0 Å². The first-order valence-corrected chi connectivity index (χ1v) is 9.15. The molecular formula is C19H24Cl2N4O. The van der Waals surface area contributed by atoms with Crippen molar-refractivity contribution in [3.63, 3.8) is 0 Å². The molecule has 0 atom stereocenters. The fourth-order valence-electron chi connectivity index (χ4n) is 3.77. The van der Waals surface area contributed by atoms with E-state index in [1.807, 2.05) is 6.07 Å². The molecule has 1 aliphatic heterocycles. The molecular weight excluding hydrogens is 371 g/mol. The van der Waals surface area contributed by atoms with Crippen LogP contribution in [-0.4, -0.2) is 27.9 Å². The molecule has 3 N–H and O–H groups in total. The van der Waals surface area contributed by atoms with Crippen LogP contribution in [0.1, 0.15) is 40.5 Å². The lowest BCUT2D eigenvalue weighted by atomic mass is 9.77. The molecule has 0 radical (unpaired) electrons. The highest BCUT2D eigenvalue weighted by Gasteiger charge is 2.43. The van der Waals surface area contributed by atoms with Crippen molar-refractivity contribution in [3.05, 3.63) is 40.0 Å². The van der Waals surface area contributed by atoms with Gasteiger partial charge in [-0.2, -0.15) is 5.26 Å². The van der Waals surface area contributed by atoms with Gasteiger partial charge in [-0.3, -0.25) is 4.79 Å². The molecule has 1 heterocycles. The van der Waals surface area contributed by atoms with Gasteiger partial charge >= 0.3 is 0 Å². The fourth-order valence-corrected chi connectivity index (χ4v) is 4.11. The second-order valence-electron chi connectivity index (χ2n) is 7.90. The smallest absolute Gasteiger partial charge is 0.267 e. The van der Waals surface area contributed by atoms with Gasteiger partial charge in [-0.15, -0.1) is 0 Å². The van der Waals surface area contributed by atoms with Crippen LogP contribution in [0.3, 0.4) is 0 Å². The summed E-state index contributed by atoms with van der Waals surface area (Å²) in [7, 11) is 0. The fraction of sp³-hybridized carbons (Fsp3) is 0.474. The summed E-state index contributed by atoms with van der Waals surface area (Å²) in [6.45, 7) is 8.24. The Labute approximate surface area is 164 Å². The molecule has 0 spiro atoms. The van der Waals surface area contributed by atoms with E-state index < -0.39 is 5.91 Å². The number of nitrogens with two attached hydrogens (primary N) is 1. The van der Waals surface area contributed by atoms with Crippen LogP contribution in [0, 0.1) is 11.3 Å². The summed E-state index contributed by atoms with van der Waals surface area (Å²) in [5.74, 6) is -0.530. The lowest BCUT2D eigenvalue weighted by Crippen LogP contribution is -2.61. The second kappa shape index (κ2) is 7.48. The first kappa shape index (κ1) is 20.6. The van der Waals surface area contributed by atoms with E-state index in [-0.39, 0.29) is 22.7 Å². The predicted molar refractivity (Wildman–Crippen MR) is 106 cm³/mol. The zero-order valence-electron chi connectivity index (χ0n) is 15.4. The maximum atomic E-state index is 12.6. The maximum Gasteiger partial charge on any atom is 0.267 e. The Morgan fingerprint density at radius 2 is 1.88 bits per heavy atom. The minimum Gasteiger partial charge on any atom is -0.366 e. The molecule has 1 aromatic rings. The average Bonchev–Trinajstić information content (AvgIpc) is 2.48. The Morgan fingerprint density at radius 3 is 2.42 bits per heavy atom. The molecule has 0 aliphatic carbocycles. The van der Waals surface area contributed by atoms with E-state index in [0.717, 1.165) is 12.8 Å². The van der Waals surface area contributed by atoms with Crippen molar-refractivity contribution >= 4 is 34.8 Å². The SMILES string of the molecule is CC1(C)CC(N)CC(C)(C)N1/C=C(/C#N)C(=O)Nc1cc(Cl)ccc1Cl. The van der Waals surface area contributed by atoms with Crippen molar-refractivity contribution < 1.29 is 4.79 Å². The zero-order valence-corrected chi connectivity index (χ0v) is 16.9. The molecule has 2 rings (SSSR count). The molecule has 0 aromatic heterocycles. The van der Waals surface area contributed by atoms with Gasteiger partial charge in [-0.25, -0.2) is 0 Å². The Kier molecular flexibility index (Phi) is 5.92. The minimum atomic E-state index is -0.530. The number of nitrogens with one attached hydrogen (secondary N) is 1. The molecule has 1 saturated heterocycles. The topological polar surface area (TPSA) is 82.2 Å². The van der Waals surface area contributed by atoms with E-state index in [2.05, 4.69) is 37.9 Å². The summed E-state index contributed by atoms with van der Waals surface area (Å²) < 4.78 is 0. The standard InChI is InChI=1S/C19H24Cl2N4O/c1-18(2)8-14(23)9-19(3,4)25(18)11-12(10-22)17(26)24-16-7-13(20)5-6-15(16)21/h5-7,11,14H,8-9,23H2,1-4H3,(H,24,26)/b12-11-. The lowest BCUT2D eigenvalue weighted by molar-refractivity contribution is -0.112. The van der Waals surface area contributed by atoms with Gasteiger partial charge in [0, 0.05) is 28.3 Å². The number of hydrogen-bond donors (Lipinski definition) is 2. The number of amides is 1. The van der Waals surface area contributed by atoms with Gasteiger partial charge in [0.05, 0.1) is 10.7 Å². The molecule has 0 saturated carbocycles. The number of piperidine rings is 1. The van der Waals surface area contributed by atoms with Gasteiger partial charge in [0.2, 0.25) is 0 Å². The Balaban J connectivity index is 2.33. The first-order chi connectivity index (χ1) is 12.0. The van der Waals surface area contributed by atoms with E-state index in [1.54, 1.807) is 24.4 Å². The van der Waals surface area contributed by atoms with Crippen molar-refractivity contribution in [3.8, 4) is 6.07 Å². The minimum absolute atomic E-state index is 0.00216. The number of hydrogen-bond acceptors (Lipinski definition) is 4. The van der Waals surface area contributed by atoms with Gasteiger partial charge in [0.25, 0.3) is 5.91 Å². The van der Waals surface area contributed by atoms with Gasteiger partial charge in [-0.1, -0.05) is 23.2 Å². The largest absolute Gasteiger partial charge is 0.366 e. The molecule has 7 heteroatoms. The van der Waals surface area contributed by atoms with E-state index in [1.165, 1.54) is 0 Å². The first-order valence-electron chi connectivity index (χ1n) is 8.39. The van der Waals surface area contributed by atoms with Crippen molar-refractivity contribution in [2.45, 2.75) is 57.7 Å². The number of halogens is 2. The summed E-state index contributed by atoms with van der Waals surface area (Å²) in [5.41, 5.74) is 5.99. The number of carbonyl (C=O) groups is 1. The Bertz CT molecular complexity index is 762. The van der Waals surface area contributed by atoms with E-state index in [9.17, 15) is 10.1 Å². The van der Waals surface area contributed by atoms with Crippen LogP contribution >= 0.6 is 23.2 Å². The molecule has 26 heavy (non-hydrogen) atoms. The third kappa shape index (κ3) is 4.50. The molecule has 1 aliphatic rings. The van der Waals surface area contributed by atoms with Gasteiger partial charge < -0.3 is 16.0 Å². The quantitative estimate of drug-likeness (QED) is 0.590. The summed E-state index contributed by atoms with van der Waals surface area (Å²) in [5, 5.41) is 13.0. The zero-order chi connectivity index (χ0) is 19.7.